The third kappa shape index (κ3) is 3.33. The van der Waals surface area contributed by atoms with Crippen LogP contribution in [0, 0.1) is 17.8 Å². The van der Waals surface area contributed by atoms with E-state index in [0.717, 1.165) is 29.1 Å². The zero-order valence-electron chi connectivity index (χ0n) is 16.9. The van der Waals surface area contributed by atoms with Crippen LogP contribution in [0.25, 0.3) is 0 Å². The molecule has 0 heterocycles. The van der Waals surface area contributed by atoms with Crippen LogP contribution in [0.5, 0.6) is 11.5 Å². The van der Waals surface area contributed by atoms with Crippen LogP contribution in [0.4, 0.5) is 0 Å². The lowest BCUT2D eigenvalue weighted by Gasteiger charge is -2.57. The highest BCUT2D eigenvalue weighted by Gasteiger charge is 2.52. The molecule has 4 aliphatic rings. The molecule has 4 bridgehead atoms. The predicted molar refractivity (Wildman–Crippen MR) is 110 cm³/mol. The standard InChI is InChI=1S/C25H28O4/c1-28-23-7-4-20(24(27)29-21-5-2-16(15-26)3-6-21)11-22(23)25-12-17-8-18(13-25)10-19(9-17)14-25/h2-7,11,17-19,26H,8-10,12-15H2,1H3. The predicted octanol–water partition coefficient (Wildman–Crippen LogP) is 4.87. The molecule has 4 saturated carbocycles. The summed E-state index contributed by atoms with van der Waals surface area (Å²) in [5, 5.41) is 9.17. The Morgan fingerprint density at radius 1 is 1.00 bits per heavy atom. The third-order valence-electron chi connectivity index (χ3n) is 7.36. The normalized spacial score (nSPS) is 29.7. The van der Waals surface area contributed by atoms with E-state index in [-0.39, 0.29) is 18.0 Å². The highest BCUT2D eigenvalue weighted by Crippen LogP contribution is 2.61. The molecule has 0 atom stereocenters. The Balaban J connectivity index is 1.44. The number of methoxy groups -OCH3 is 1. The zero-order valence-corrected chi connectivity index (χ0v) is 16.9. The zero-order chi connectivity index (χ0) is 20.0. The van der Waals surface area contributed by atoms with Gasteiger partial charge in [0.1, 0.15) is 11.5 Å². The lowest BCUT2D eigenvalue weighted by molar-refractivity contribution is -0.00618. The van der Waals surface area contributed by atoms with Gasteiger partial charge in [-0.05, 0) is 97.6 Å². The fourth-order valence-corrected chi connectivity index (χ4v) is 6.52. The molecule has 1 N–H and O–H groups in total. The summed E-state index contributed by atoms with van der Waals surface area (Å²) in [4.78, 5) is 12.8. The van der Waals surface area contributed by atoms with Crippen LogP contribution in [0.15, 0.2) is 42.5 Å². The largest absolute Gasteiger partial charge is 0.496 e. The summed E-state index contributed by atoms with van der Waals surface area (Å²) in [7, 11) is 1.72. The number of benzene rings is 2. The first-order chi connectivity index (χ1) is 14.1. The second kappa shape index (κ2) is 7.17. The van der Waals surface area contributed by atoms with E-state index in [9.17, 15) is 4.79 Å². The van der Waals surface area contributed by atoms with Gasteiger partial charge < -0.3 is 14.6 Å². The average molecular weight is 392 g/mol. The van der Waals surface area contributed by atoms with Crippen molar-refractivity contribution in [2.45, 2.75) is 50.5 Å². The van der Waals surface area contributed by atoms with E-state index < -0.39 is 0 Å². The fraction of sp³-hybridized carbons (Fsp3) is 0.480. The first-order valence-electron chi connectivity index (χ1n) is 10.7. The second-order valence-electron chi connectivity index (χ2n) is 9.30. The summed E-state index contributed by atoms with van der Waals surface area (Å²) in [6.45, 7) is -0.0267. The van der Waals surface area contributed by atoms with Gasteiger partial charge in [0.25, 0.3) is 0 Å². The smallest absolute Gasteiger partial charge is 0.343 e. The van der Waals surface area contributed by atoms with Crippen molar-refractivity contribution >= 4 is 5.97 Å². The molecule has 2 aromatic carbocycles. The van der Waals surface area contributed by atoms with Crippen LogP contribution in [-0.2, 0) is 12.0 Å². The molecule has 0 spiro atoms. The van der Waals surface area contributed by atoms with Gasteiger partial charge in [-0.3, -0.25) is 0 Å². The van der Waals surface area contributed by atoms with Crippen LogP contribution in [0.1, 0.15) is 60.0 Å². The van der Waals surface area contributed by atoms with E-state index >= 15 is 0 Å². The van der Waals surface area contributed by atoms with Gasteiger partial charge in [-0.15, -0.1) is 0 Å². The molecule has 0 radical (unpaired) electrons. The quantitative estimate of drug-likeness (QED) is 0.582. The molecule has 29 heavy (non-hydrogen) atoms. The first kappa shape index (κ1) is 18.7. The Hall–Kier alpha value is -2.33. The molecular formula is C25H28O4. The molecule has 0 aromatic heterocycles. The number of carbonyl (C=O) groups is 1. The van der Waals surface area contributed by atoms with Crippen molar-refractivity contribution in [3.63, 3.8) is 0 Å². The van der Waals surface area contributed by atoms with Gasteiger partial charge in [0.2, 0.25) is 0 Å². The Morgan fingerprint density at radius 2 is 1.62 bits per heavy atom. The average Bonchev–Trinajstić information content (AvgIpc) is 2.73. The number of rotatable bonds is 5. The molecule has 4 heteroatoms. The molecule has 0 amide bonds. The van der Waals surface area contributed by atoms with Gasteiger partial charge in [-0.1, -0.05) is 12.1 Å². The maximum absolute atomic E-state index is 12.8. The Morgan fingerprint density at radius 3 is 2.17 bits per heavy atom. The maximum atomic E-state index is 12.8. The summed E-state index contributed by atoms with van der Waals surface area (Å²) in [6, 6.07) is 12.7. The van der Waals surface area contributed by atoms with Crippen LogP contribution in [0.3, 0.4) is 0 Å². The number of aliphatic hydroxyl groups excluding tert-OH is 1. The molecule has 4 aliphatic carbocycles. The molecule has 0 saturated heterocycles. The van der Waals surface area contributed by atoms with Crippen molar-refractivity contribution in [1.29, 1.82) is 0 Å². The van der Waals surface area contributed by atoms with E-state index in [1.807, 2.05) is 12.1 Å². The van der Waals surface area contributed by atoms with Gasteiger partial charge >= 0.3 is 5.97 Å². The molecule has 4 nitrogen and oxygen atoms in total. The molecule has 6 rings (SSSR count). The minimum absolute atomic E-state index is 0.0267. The highest BCUT2D eigenvalue weighted by atomic mass is 16.5. The van der Waals surface area contributed by atoms with Crippen molar-refractivity contribution in [3.05, 3.63) is 59.2 Å². The van der Waals surface area contributed by atoms with Crippen molar-refractivity contribution < 1.29 is 19.4 Å². The van der Waals surface area contributed by atoms with Crippen LogP contribution in [0.2, 0.25) is 0 Å². The van der Waals surface area contributed by atoms with Gasteiger partial charge in [0.15, 0.2) is 0 Å². The molecule has 152 valence electrons. The van der Waals surface area contributed by atoms with E-state index in [4.69, 9.17) is 14.6 Å². The van der Waals surface area contributed by atoms with Crippen LogP contribution in [-0.4, -0.2) is 18.2 Å². The Bertz CT molecular complexity index is 880. The molecule has 0 unspecified atom stereocenters. The van der Waals surface area contributed by atoms with E-state index in [0.29, 0.717) is 11.3 Å². The highest BCUT2D eigenvalue weighted by molar-refractivity contribution is 5.91. The van der Waals surface area contributed by atoms with Crippen LogP contribution < -0.4 is 9.47 Å². The van der Waals surface area contributed by atoms with Crippen molar-refractivity contribution in [2.24, 2.45) is 17.8 Å². The fourth-order valence-electron chi connectivity index (χ4n) is 6.52. The lowest BCUT2D eigenvalue weighted by atomic mass is 9.48. The minimum atomic E-state index is -0.352. The van der Waals surface area contributed by atoms with E-state index in [1.54, 1.807) is 37.4 Å². The van der Waals surface area contributed by atoms with Crippen molar-refractivity contribution in [2.75, 3.05) is 7.11 Å². The van der Waals surface area contributed by atoms with Gasteiger partial charge in [0.05, 0.1) is 19.3 Å². The number of carbonyl (C=O) groups excluding carboxylic acids is 1. The molecular weight excluding hydrogens is 364 g/mol. The summed E-state index contributed by atoms with van der Waals surface area (Å²) >= 11 is 0. The number of hydrogen-bond donors (Lipinski definition) is 1. The first-order valence-corrected chi connectivity index (χ1v) is 10.7. The summed E-state index contributed by atoms with van der Waals surface area (Å²) in [5.41, 5.74) is 2.71. The number of esters is 1. The maximum Gasteiger partial charge on any atom is 0.343 e. The summed E-state index contributed by atoms with van der Waals surface area (Å²) in [5.74, 6) is 3.51. The monoisotopic (exact) mass is 392 g/mol. The van der Waals surface area contributed by atoms with E-state index in [2.05, 4.69) is 0 Å². The Labute approximate surface area is 171 Å². The SMILES string of the molecule is COc1ccc(C(=O)Oc2ccc(CO)cc2)cc1C12CC3CC(CC(C3)C1)C2. The van der Waals surface area contributed by atoms with Gasteiger partial charge in [-0.25, -0.2) is 4.79 Å². The number of aliphatic hydroxyl groups is 1. The number of hydrogen-bond acceptors (Lipinski definition) is 4. The lowest BCUT2D eigenvalue weighted by Crippen LogP contribution is -2.48. The minimum Gasteiger partial charge on any atom is -0.496 e. The van der Waals surface area contributed by atoms with Crippen molar-refractivity contribution in [3.8, 4) is 11.5 Å². The third-order valence-corrected chi connectivity index (χ3v) is 7.36. The summed E-state index contributed by atoms with van der Waals surface area (Å²) in [6.07, 6.45) is 7.80. The molecule has 0 aliphatic heterocycles. The van der Waals surface area contributed by atoms with Crippen molar-refractivity contribution in [1.82, 2.24) is 0 Å². The van der Waals surface area contributed by atoms with Crippen LogP contribution >= 0.6 is 0 Å². The molecule has 2 aromatic rings. The topological polar surface area (TPSA) is 55.8 Å². The number of ether oxygens (including phenoxy) is 2. The summed E-state index contributed by atoms with van der Waals surface area (Å²) < 4.78 is 11.3. The van der Waals surface area contributed by atoms with Gasteiger partial charge in [-0.2, -0.15) is 0 Å². The molecule has 4 fully saturated rings. The second-order valence-corrected chi connectivity index (χ2v) is 9.30. The van der Waals surface area contributed by atoms with E-state index in [1.165, 1.54) is 44.1 Å². The van der Waals surface area contributed by atoms with Gasteiger partial charge in [0, 0.05) is 5.56 Å². The Kier molecular flexibility index (Phi) is 4.62.